The number of benzene rings is 1. The molecule has 2 heterocycles. The maximum atomic E-state index is 11.8. The zero-order chi connectivity index (χ0) is 15.4. The third kappa shape index (κ3) is 3.08. The Bertz CT molecular complexity index is 686. The molecule has 1 aromatic heterocycles. The minimum Gasteiger partial charge on any atom is -0.473 e. The lowest BCUT2D eigenvalue weighted by molar-refractivity contribution is -0.127. The lowest BCUT2D eigenvalue weighted by Gasteiger charge is -2.31. The first-order valence-corrected chi connectivity index (χ1v) is 7.56. The van der Waals surface area contributed by atoms with Crippen LogP contribution < -0.4 is 4.74 Å². The number of likely N-dealkylation sites (tertiary alicyclic amines) is 1. The number of allylic oxidation sites excluding steroid dienone is 1. The van der Waals surface area contributed by atoms with Gasteiger partial charge in [0.05, 0.1) is 6.20 Å². The second-order valence-electron chi connectivity index (χ2n) is 5.38. The first kappa shape index (κ1) is 14.5. The van der Waals surface area contributed by atoms with E-state index in [1.165, 1.54) is 0 Å². The molecule has 1 aliphatic heterocycles. The van der Waals surface area contributed by atoms with Crippen molar-refractivity contribution < 1.29 is 9.53 Å². The Hall–Kier alpha value is -2.43. The van der Waals surface area contributed by atoms with E-state index in [1.54, 1.807) is 18.3 Å². The lowest BCUT2D eigenvalue weighted by Crippen LogP contribution is -2.41. The molecule has 0 saturated carbocycles. The molecule has 0 N–H and O–H groups in total. The largest absolute Gasteiger partial charge is 0.473 e. The lowest BCUT2D eigenvalue weighted by atomic mass is 10.1. The summed E-state index contributed by atoms with van der Waals surface area (Å²) in [5.74, 6) is 0.655. The fraction of sp³-hybridized carbons (Fsp3) is 0.353. The third-order valence-corrected chi connectivity index (χ3v) is 3.88. The van der Waals surface area contributed by atoms with Gasteiger partial charge < -0.3 is 9.64 Å². The highest BCUT2D eigenvalue weighted by atomic mass is 16.5. The van der Waals surface area contributed by atoms with E-state index < -0.39 is 0 Å². The van der Waals surface area contributed by atoms with E-state index in [9.17, 15) is 4.79 Å². The van der Waals surface area contributed by atoms with Crippen LogP contribution in [0.25, 0.3) is 10.8 Å². The molecule has 0 atom stereocenters. The molecule has 5 nitrogen and oxygen atoms in total. The predicted molar refractivity (Wildman–Crippen MR) is 84.6 cm³/mol. The Balaban J connectivity index is 1.66. The smallest absolute Gasteiger partial charge is 0.246 e. The SMILES string of the molecule is C/C=C/C(=O)N1CCC(Oc2nncc3ccccc23)CC1. The molecule has 114 valence electrons. The number of hydrogen-bond acceptors (Lipinski definition) is 4. The number of amides is 1. The van der Waals surface area contributed by atoms with Gasteiger partial charge in [-0.25, -0.2) is 0 Å². The Morgan fingerprint density at radius 2 is 2.09 bits per heavy atom. The Morgan fingerprint density at radius 3 is 2.86 bits per heavy atom. The molecule has 2 aromatic rings. The Kier molecular flexibility index (Phi) is 4.32. The van der Waals surface area contributed by atoms with Gasteiger partial charge in [0, 0.05) is 36.7 Å². The van der Waals surface area contributed by atoms with Crippen molar-refractivity contribution in [3.8, 4) is 5.88 Å². The van der Waals surface area contributed by atoms with Crippen LogP contribution in [0.5, 0.6) is 5.88 Å². The Morgan fingerprint density at radius 1 is 1.32 bits per heavy atom. The van der Waals surface area contributed by atoms with Crippen LogP contribution >= 0.6 is 0 Å². The predicted octanol–water partition coefficient (Wildman–Crippen LogP) is 2.58. The minimum absolute atomic E-state index is 0.0749. The fourth-order valence-corrected chi connectivity index (χ4v) is 2.69. The van der Waals surface area contributed by atoms with Gasteiger partial charge in [-0.1, -0.05) is 24.3 Å². The van der Waals surface area contributed by atoms with Gasteiger partial charge in [-0.3, -0.25) is 4.79 Å². The van der Waals surface area contributed by atoms with Crippen LogP contribution in [0.15, 0.2) is 42.6 Å². The summed E-state index contributed by atoms with van der Waals surface area (Å²) in [7, 11) is 0. The van der Waals surface area contributed by atoms with Crippen molar-refractivity contribution in [2.45, 2.75) is 25.9 Å². The number of piperidine rings is 1. The molecule has 1 fully saturated rings. The van der Waals surface area contributed by atoms with Crippen molar-refractivity contribution in [1.29, 1.82) is 0 Å². The van der Waals surface area contributed by atoms with E-state index in [-0.39, 0.29) is 12.0 Å². The first-order valence-electron chi connectivity index (χ1n) is 7.56. The summed E-state index contributed by atoms with van der Waals surface area (Å²) in [4.78, 5) is 13.7. The quantitative estimate of drug-likeness (QED) is 0.817. The van der Waals surface area contributed by atoms with Gasteiger partial charge in [-0.2, -0.15) is 5.10 Å². The minimum atomic E-state index is 0.0749. The van der Waals surface area contributed by atoms with Crippen molar-refractivity contribution >= 4 is 16.7 Å². The molecule has 0 spiro atoms. The molecule has 0 aliphatic carbocycles. The van der Waals surface area contributed by atoms with Crippen LogP contribution in [-0.4, -0.2) is 40.2 Å². The summed E-state index contributed by atoms with van der Waals surface area (Å²) < 4.78 is 6.03. The van der Waals surface area contributed by atoms with Crippen LogP contribution in [0.1, 0.15) is 19.8 Å². The highest BCUT2D eigenvalue weighted by Gasteiger charge is 2.23. The Labute approximate surface area is 129 Å². The van der Waals surface area contributed by atoms with Crippen molar-refractivity contribution in [3.05, 3.63) is 42.6 Å². The zero-order valence-electron chi connectivity index (χ0n) is 12.6. The topological polar surface area (TPSA) is 55.3 Å². The van der Waals surface area contributed by atoms with Crippen LogP contribution in [-0.2, 0) is 4.79 Å². The molecule has 1 saturated heterocycles. The molecule has 1 amide bonds. The van der Waals surface area contributed by atoms with Crippen molar-refractivity contribution in [2.75, 3.05) is 13.1 Å². The number of aromatic nitrogens is 2. The zero-order valence-corrected chi connectivity index (χ0v) is 12.6. The van der Waals surface area contributed by atoms with Crippen LogP contribution in [0.3, 0.4) is 0 Å². The van der Waals surface area contributed by atoms with E-state index in [0.29, 0.717) is 19.0 Å². The second-order valence-corrected chi connectivity index (χ2v) is 5.38. The number of rotatable bonds is 3. The number of carbonyl (C=O) groups excluding carboxylic acids is 1. The molecule has 0 radical (unpaired) electrons. The van der Waals surface area contributed by atoms with Gasteiger partial charge in [0.1, 0.15) is 6.10 Å². The molecule has 0 unspecified atom stereocenters. The van der Waals surface area contributed by atoms with Crippen molar-refractivity contribution in [3.63, 3.8) is 0 Å². The molecule has 22 heavy (non-hydrogen) atoms. The molecular formula is C17H19N3O2. The normalized spacial score (nSPS) is 16.3. The van der Waals surface area contributed by atoms with Gasteiger partial charge in [0.15, 0.2) is 0 Å². The fourth-order valence-electron chi connectivity index (χ4n) is 2.69. The van der Waals surface area contributed by atoms with Gasteiger partial charge in [0.25, 0.3) is 0 Å². The van der Waals surface area contributed by atoms with Crippen LogP contribution in [0.4, 0.5) is 0 Å². The summed E-state index contributed by atoms with van der Waals surface area (Å²) in [6, 6.07) is 7.92. The number of ether oxygens (including phenoxy) is 1. The molecular weight excluding hydrogens is 278 g/mol. The van der Waals surface area contributed by atoms with Gasteiger partial charge in [-0.05, 0) is 19.1 Å². The number of carbonyl (C=O) groups is 1. The summed E-state index contributed by atoms with van der Waals surface area (Å²) in [6.07, 6.45) is 6.83. The molecule has 5 heteroatoms. The van der Waals surface area contributed by atoms with E-state index in [1.807, 2.05) is 36.1 Å². The highest BCUT2D eigenvalue weighted by Crippen LogP contribution is 2.24. The van der Waals surface area contributed by atoms with Gasteiger partial charge >= 0.3 is 0 Å². The maximum absolute atomic E-state index is 11.8. The monoisotopic (exact) mass is 297 g/mol. The second kappa shape index (κ2) is 6.56. The van der Waals surface area contributed by atoms with Gasteiger partial charge in [0.2, 0.25) is 11.8 Å². The summed E-state index contributed by atoms with van der Waals surface area (Å²) in [5.41, 5.74) is 0. The molecule has 1 aromatic carbocycles. The maximum Gasteiger partial charge on any atom is 0.246 e. The van der Waals surface area contributed by atoms with Crippen molar-refractivity contribution in [1.82, 2.24) is 15.1 Å². The molecule has 0 bridgehead atoms. The van der Waals surface area contributed by atoms with E-state index >= 15 is 0 Å². The van der Waals surface area contributed by atoms with Gasteiger partial charge in [-0.15, -0.1) is 5.10 Å². The number of fused-ring (bicyclic) bond motifs is 1. The highest BCUT2D eigenvalue weighted by molar-refractivity contribution is 5.87. The van der Waals surface area contributed by atoms with E-state index in [2.05, 4.69) is 10.2 Å². The number of hydrogen-bond donors (Lipinski definition) is 0. The molecule has 1 aliphatic rings. The average Bonchev–Trinajstić information content (AvgIpc) is 2.56. The van der Waals surface area contributed by atoms with Crippen LogP contribution in [0.2, 0.25) is 0 Å². The average molecular weight is 297 g/mol. The summed E-state index contributed by atoms with van der Waals surface area (Å²) in [6.45, 7) is 3.28. The summed E-state index contributed by atoms with van der Waals surface area (Å²) >= 11 is 0. The molecule has 3 rings (SSSR count). The summed E-state index contributed by atoms with van der Waals surface area (Å²) in [5, 5.41) is 10.1. The number of nitrogens with zero attached hydrogens (tertiary/aromatic N) is 3. The van der Waals surface area contributed by atoms with E-state index in [4.69, 9.17) is 4.74 Å². The standard InChI is InChI=1S/C17H19N3O2/c1-2-5-16(21)20-10-8-14(9-11-20)22-17-15-7-4-3-6-13(15)12-18-19-17/h2-7,12,14H,8-11H2,1H3/b5-2+. The van der Waals surface area contributed by atoms with Crippen molar-refractivity contribution in [2.24, 2.45) is 0 Å². The van der Waals surface area contributed by atoms with E-state index in [0.717, 1.165) is 23.6 Å². The third-order valence-electron chi connectivity index (χ3n) is 3.88. The first-order chi connectivity index (χ1) is 10.8. The van der Waals surface area contributed by atoms with Crippen LogP contribution in [0, 0.1) is 0 Å².